The molecule has 0 radical (unpaired) electrons. The molecule has 0 bridgehead atoms. The lowest BCUT2D eigenvalue weighted by Crippen LogP contribution is -2.08. The second-order valence-electron chi connectivity index (χ2n) is 5.04. The average molecular weight is 478 g/mol. The van der Waals surface area contributed by atoms with Gasteiger partial charge in [0.25, 0.3) is 0 Å². The normalized spacial score (nSPS) is 15.2. The SMILES string of the molecule is Cc1c(SC(F)(F)F)c(C#N)nn1-c1c(Cl)cc(S(F)(F)(F)(F)F)cc1Cl. The molecule has 3 nitrogen and oxygen atoms in total. The first-order valence-electron chi connectivity index (χ1n) is 6.33. The lowest BCUT2D eigenvalue weighted by molar-refractivity contribution is -0.0328. The maximum Gasteiger partial charge on any atom is 0.446 e. The summed E-state index contributed by atoms with van der Waals surface area (Å²) < 4.78 is 103. The van der Waals surface area contributed by atoms with Gasteiger partial charge in [-0.2, -0.15) is 23.5 Å². The number of alkyl halides is 3. The molecule has 150 valence electrons. The number of benzene rings is 1. The average Bonchev–Trinajstić information content (AvgIpc) is 2.71. The third kappa shape index (κ3) is 4.74. The Hall–Kier alpha value is -1.36. The van der Waals surface area contributed by atoms with Crippen molar-refractivity contribution in [2.24, 2.45) is 0 Å². The minimum atomic E-state index is -10.1. The molecule has 0 fully saturated rings. The van der Waals surface area contributed by atoms with Crippen LogP contribution in [0.4, 0.5) is 32.6 Å². The molecule has 2 rings (SSSR count). The topological polar surface area (TPSA) is 41.6 Å². The van der Waals surface area contributed by atoms with Crippen molar-refractivity contribution >= 4 is 45.2 Å². The minimum Gasteiger partial charge on any atom is -0.233 e. The molecule has 0 spiro atoms. The molecule has 0 aliphatic heterocycles. The van der Waals surface area contributed by atoms with Crippen molar-refractivity contribution in [3.8, 4) is 11.8 Å². The van der Waals surface area contributed by atoms with E-state index in [1.165, 1.54) is 6.07 Å². The van der Waals surface area contributed by atoms with Gasteiger partial charge < -0.3 is 0 Å². The van der Waals surface area contributed by atoms with Crippen LogP contribution in [0.25, 0.3) is 5.69 Å². The number of halogens is 10. The minimum absolute atomic E-state index is 0.103. The summed E-state index contributed by atoms with van der Waals surface area (Å²) in [6.45, 7) is 1.08. The van der Waals surface area contributed by atoms with Gasteiger partial charge in [0.15, 0.2) is 5.69 Å². The number of hydrogen-bond acceptors (Lipinski definition) is 3. The Bertz CT molecular complexity index is 953. The molecule has 0 aliphatic carbocycles. The Morgan fingerprint density at radius 2 is 1.59 bits per heavy atom. The van der Waals surface area contributed by atoms with E-state index in [1.807, 2.05) is 0 Å². The van der Waals surface area contributed by atoms with Gasteiger partial charge in [-0.25, -0.2) is 4.68 Å². The van der Waals surface area contributed by atoms with Gasteiger partial charge in [-0.3, -0.25) is 0 Å². The van der Waals surface area contributed by atoms with E-state index in [0.29, 0.717) is 4.68 Å². The van der Waals surface area contributed by atoms with E-state index in [2.05, 4.69) is 5.10 Å². The molecule has 27 heavy (non-hydrogen) atoms. The highest BCUT2D eigenvalue weighted by Gasteiger charge is 2.65. The lowest BCUT2D eigenvalue weighted by Gasteiger charge is -2.40. The predicted molar refractivity (Wildman–Crippen MR) is 86.3 cm³/mol. The fourth-order valence-corrected chi connectivity index (χ4v) is 4.09. The molecule has 0 amide bonds. The third-order valence-electron chi connectivity index (χ3n) is 3.03. The molecule has 2 aromatic rings. The summed E-state index contributed by atoms with van der Waals surface area (Å²) in [6, 6.07) is 1.20. The summed E-state index contributed by atoms with van der Waals surface area (Å²) in [5.74, 6) is 0. The lowest BCUT2D eigenvalue weighted by atomic mass is 10.3. The van der Waals surface area contributed by atoms with Crippen LogP contribution in [0.5, 0.6) is 0 Å². The maximum absolute atomic E-state index is 12.9. The molecule has 1 aromatic carbocycles. The molecule has 0 saturated heterocycles. The first-order chi connectivity index (χ1) is 11.8. The van der Waals surface area contributed by atoms with Gasteiger partial charge in [0.1, 0.15) is 16.7 Å². The van der Waals surface area contributed by atoms with Crippen molar-refractivity contribution in [1.29, 1.82) is 5.26 Å². The smallest absolute Gasteiger partial charge is 0.233 e. The van der Waals surface area contributed by atoms with Crippen molar-refractivity contribution in [3.05, 3.63) is 33.6 Å². The Morgan fingerprint density at radius 1 is 1.11 bits per heavy atom. The standard InChI is InChI=1S/C12H5Cl2F8N3S2/c1-5-11(26-12(15,16)17)9(4-23)24-25(5)10-7(13)2-6(3-8(10)14)27(18,19,20,21)22/h2-3H,1H3. The zero-order chi connectivity index (χ0) is 21.1. The summed E-state index contributed by atoms with van der Waals surface area (Å²) in [7, 11) is -10.1. The van der Waals surface area contributed by atoms with Crippen LogP contribution in [0.15, 0.2) is 21.9 Å². The van der Waals surface area contributed by atoms with Crippen LogP contribution in [-0.4, -0.2) is 15.3 Å². The van der Waals surface area contributed by atoms with Gasteiger partial charge in [0.05, 0.1) is 20.6 Å². The Kier molecular flexibility index (Phi) is 4.73. The van der Waals surface area contributed by atoms with E-state index >= 15 is 0 Å². The van der Waals surface area contributed by atoms with Crippen LogP contribution < -0.4 is 0 Å². The van der Waals surface area contributed by atoms with Crippen LogP contribution >= 0.6 is 45.2 Å². The van der Waals surface area contributed by atoms with Crippen molar-refractivity contribution in [2.45, 2.75) is 22.2 Å². The molecule has 0 saturated carbocycles. The van der Waals surface area contributed by atoms with Crippen LogP contribution in [0.1, 0.15) is 11.4 Å². The molecule has 0 atom stereocenters. The zero-order valence-corrected chi connectivity index (χ0v) is 15.7. The Morgan fingerprint density at radius 3 is 1.96 bits per heavy atom. The van der Waals surface area contributed by atoms with Gasteiger partial charge in [0.2, 0.25) is 0 Å². The summed E-state index contributed by atoms with van der Waals surface area (Å²) in [5.41, 5.74) is -6.38. The fraction of sp³-hybridized carbons (Fsp3) is 0.167. The molecular formula is C12H5Cl2F8N3S2. The van der Waals surface area contributed by atoms with Gasteiger partial charge in [-0.15, -0.1) is 0 Å². The van der Waals surface area contributed by atoms with Crippen molar-refractivity contribution in [3.63, 3.8) is 0 Å². The largest absolute Gasteiger partial charge is 0.446 e. The van der Waals surface area contributed by atoms with Gasteiger partial charge in [-0.1, -0.05) is 42.6 Å². The second kappa shape index (κ2) is 5.82. The summed E-state index contributed by atoms with van der Waals surface area (Å²) >= 11 is 10.6. The van der Waals surface area contributed by atoms with E-state index in [0.717, 1.165) is 6.92 Å². The highest BCUT2D eigenvalue weighted by atomic mass is 35.5. The highest BCUT2D eigenvalue weighted by Crippen LogP contribution is 3.02. The van der Waals surface area contributed by atoms with E-state index in [-0.39, 0.29) is 17.8 Å². The van der Waals surface area contributed by atoms with Gasteiger partial charge in [0, 0.05) is 0 Å². The molecule has 0 unspecified atom stereocenters. The van der Waals surface area contributed by atoms with Crippen LogP contribution in [-0.2, 0) is 0 Å². The number of hydrogen-bond donors (Lipinski definition) is 0. The molecule has 0 aliphatic rings. The van der Waals surface area contributed by atoms with Crippen molar-refractivity contribution < 1.29 is 32.6 Å². The number of rotatable bonds is 3. The molecule has 0 N–H and O–H groups in total. The van der Waals surface area contributed by atoms with E-state index < -0.39 is 58.7 Å². The monoisotopic (exact) mass is 477 g/mol. The number of thioether (sulfide) groups is 1. The molecule has 1 heterocycles. The second-order valence-corrected chi connectivity index (χ2v) is 9.34. The first kappa shape index (κ1) is 21.9. The van der Waals surface area contributed by atoms with E-state index in [9.17, 15) is 32.6 Å². The van der Waals surface area contributed by atoms with Crippen molar-refractivity contribution in [1.82, 2.24) is 9.78 Å². The first-order valence-corrected chi connectivity index (χ1v) is 9.85. The van der Waals surface area contributed by atoms with Gasteiger partial charge in [-0.05, 0) is 30.8 Å². The number of aromatic nitrogens is 2. The molecular weight excluding hydrogens is 473 g/mol. The van der Waals surface area contributed by atoms with Crippen LogP contribution in [0.3, 0.4) is 0 Å². The fourth-order valence-electron chi connectivity index (χ4n) is 1.98. The number of nitriles is 1. The van der Waals surface area contributed by atoms with Crippen LogP contribution in [0, 0.1) is 18.3 Å². The quantitative estimate of drug-likeness (QED) is 0.337. The van der Waals surface area contributed by atoms with Gasteiger partial charge >= 0.3 is 15.7 Å². The van der Waals surface area contributed by atoms with E-state index in [4.69, 9.17) is 28.5 Å². The summed E-state index contributed by atoms with van der Waals surface area (Å²) in [5, 5.41) is 10.6. The van der Waals surface area contributed by atoms with Crippen LogP contribution in [0.2, 0.25) is 10.0 Å². The summed E-state index contributed by atoms with van der Waals surface area (Å²) in [6.07, 6.45) is 0. The molecule has 1 aromatic heterocycles. The maximum atomic E-state index is 12.9. The third-order valence-corrected chi connectivity index (χ3v) is 5.66. The Labute approximate surface area is 160 Å². The van der Waals surface area contributed by atoms with E-state index in [1.54, 1.807) is 0 Å². The molecule has 15 heteroatoms. The Balaban J connectivity index is 2.73. The predicted octanol–water partition coefficient (Wildman–Crippen LogP) is 7.63. The highest BCUT2D eigenvalue weighted by molar-refractivity contribution is 8.45. The number of nitrogens with zero attached hydrogens (tertiary/aromatic N) is 3. The zero-order valence-electron chi connectivity index (χ0n) is 12.6. The van der Waals surface area contributed by atoms with Crippen molar-refractivity contribution in [2.75, 3.05) is 0 Å². The summed E-state index contributed by atoms with van der Waals surface area (Å²) in [4.78, 5) is -3.00.